The smallest absolute Gasteiger partial charge is 0.321 e. The maximum absolute atomic E-state index is 12.9. The van der Waals surface area contributed by atoms with E-state index in [1.54, 1.807) is 4.90 Å². The van der Waals surface area contributed by atoms with Crippen LogP contribution in [-0.4, -0.2) is 55.5 Å². The summed E-state index contributed by atoms with van der Waals surface area (Å²) >= 11 is 0. The number of carbonyl (C=O) groups is 4. The number of urea groups is 1. The molecule has 1 aromatic carbocycles. The number of hydrogen-bond acceptors (Lipinski definition) is 5. The van der Waals surface area contributed by atoms with Crippen molar-refractivity contribution in [2.45, 2.75) is 12.8 Å². The SMILES string of the molecule is CNC(=O)NC(=O)COC(=O)C1CCN(C(=O)c2ccc(F)cc2)CC1. The lowest BCUT2D eigenvalue weighted by Gasteiger charge is -2.31. The zero-order chi connectivity index (χ0) is 19.1. The molecule has 26 heavy (non-hydrogen) atoms. The van der Waals surface area contributed by atoms with Gasteiger partial charge < -0.3 is 15.0 Å². The van der Waals surface area contributed by atoms with Crippen molar-refractivity contribution in [2.75, 3.05) is 26.7 Å². The number of ether oxygens (including phenoxy) is 1. The summed E-state index contributed by atoms with van der Waals surface area (Å²) in [6.45, 7) is 0.182. The van der Waals surface area contributed by atoms with Crippen molar-refractivity contribution >= 4 is 23.8 Å². The highest BCUT2D eigenvalue weighted by molar-refractivity contribution is 5.95. The summed E-state index contributed by atoms with van der Waals surface area (Å²) in [6, 6.07) is 4.60. The predicted octanol–water partition coefficient (Wildman–Crippen LogP) is 0.677. The molecular weight excluding hydrogens is 345 g/mol. The van der Waals surface area contributed by atoms with Crippen LogP contribution in [0.3, 0.4) is 0 Å². The fourth-order valence-corrected chi connectivity index (χ4v) is 2.57. The molecule has 2 rings (SSSR count). The maximum Gasteiger partial charge on any atom is 0.321 e. The minimum absolute atomic E-state index is 0.221. The van der Waals surface area contributed by atoms with Crippen LogP contribution in [0, 0.1) is 11.7 Å². The van der Waals surface area contributed by atoms with Gasteiger partial charge in [0, 0.05) is 25.7 Å². The number of halogens is 1. The molecule has 0 bridgehead atoms. The number of amides is 4. The molecule has 1 heterocycles. The first kappa shape index (κ1) is 19.4. The second-order valence-corrected chi connectivity index (χ2v) is 5.81. The van der Waals surface area contributed by atoms with Crippen LogP contribution >= 0.6 is 0 Å². The molecule has 140 valence electrons. The van der Waals surface area contributed by atoms with Gasteiger partial charge in [0.15, 0.2) is 6.61 Å². The van der Waals surface area contributed by atoms with E-state index < -0.39 is 36.2 Å². The lowest BCUT2D eigenvalue weighted by Crippen LogP contribution is -2.42. The summed E-state index contributed by atoms with van der Waals surface area (Å²) in [5.41, 5.74) is 0.387. The minimum Gasteiger partial charge on any atom is -0.455 e. The van der Waals surface area contributed by atoms with E-state index in [9.17, 15) is 23.6 Å². The van der Waals surface area contributed by atoms with Gasteiger partial charge in [-0.2, -0.15) is 0 Å². The largest absolute Gasteiger partial charge is 0.455 e. The Balaban J connectivity index is 1.77. The average Bonchev–Trinajstić information content (AvgIpc) is 2.66. The van der Waals surface area contributed by atoms with Gasteiger partial charge in [-0.1, -0.05) is 0 Å². The van der Waals surface area contributed by atoms with Crippen LogP contribution in [0.15, 0.2) is 24.3 Å². The molecule has 8 nitrogen and oxygen atoms in total. The Hall–Kier alpha value is -2.97. The van der Waals surface area contributed by atoms with Crippen LogP contribution in [-0.2, 0) is 14.3 Å². The van der Waals surface area contributed by atoms with Gasteiger partial charge >= 0.3 is 12.0 Å². The average molecular weight is 365 g/mol. The number of nitrogens with zero attached hydrogens (tertiary/aromatic N) is 1. The Morgan fingerprint density at radius 3 is 2.35 bits per heavy atom. The number of likely N-dealkylation sites (tertiary alicyclic amines) is 1. The van der Waals surface area contributed by atoms with Crippen molar-refractivity contribution in [3.8, 4) is 0 Å². The second kappa shape index (κ2) is 8.93. The number of nitrogens with one attached hydrogen (secondary N) is 2. The van der Waals surface area contributed by atoms with Crippen LogP contribution in [0.1, 0.15) is 23.2 Å². The molecule has 2 N–H and O–H groups in total. The molecule has 0 unspecified atom stereocenters. The first-order valence-electron chi connectivity index (χ1n) is 8.13. The fraction of sp³-hybridized carbons (Fsp3) is 0.412. The second-order valence-electron chi connectivity index (χ2n) is 5.81. The molecule has 4 amide bonds. The molecule has 1 aliphatic rings. The molecule has 1 aliphatic heterocycles. The van der Waals surface area contributed by atoms with Crippen LogP contribution < -0.4 is 10.6 Å². The van der Waals surface area contributed by atoms with E-state index in [-0.39, 0.29) is 5.91 Å². The third kappa shape index (κ3) is 5.27. The predicted molar refractivity (Wildman–Crippen MR) is 88.6 cm³/mol. The molecule has 0 atom stereocenters. The number of hydrogen-bond donors (Lipinski definition) is 2. The van der Waals surface area contributed by atoms with Crippen molar-refractivity contribution in [1.82, 2.24) is 15.5 Å². The Kier molecular flexibility index (Phi) is 6.65. The van der Waals surface area contributed by atoms with E-state index >= 15 is 0 Å². The summed E-state index contributed by atoms with van der Waals surface area (Å²) < 4.78 is 17.8. The van der Waals surface area contributed by atoms with Crippen molar-refractivity contribution < 1.29 is 28.3 Å². The highest BCUT2D eigenvalue weighted by atomic mass is 19.1. The molecule has 0 aromatic heterocycles. The number of esters is 1. The van der Waals surface area contributed by atoms with Crippen LogP contribution in [0.4, 0.5) is 9.18 Å². The van der Waals surface area contributed by atoms with E-state index in [4.69, 9.17) is 4.74 Å². The highest BCUT2D eigenvalue weighted by Crippen LogP contribution is 2.20. The van der Waals surface area contributed by atoms with E-state index in [0.717, 1.165) is 0 Å². The van der Waals surface area contributed by atoms with Gasteiger partial charge in [0.1, 0.15) is 5.82 Å². The Morgan fingerprint density at radius 1 is 1.15 bits per heavy atom. The van der Waals surface area contributed by atoms with Gasteiger partial charge in [-0.3, -0.25) is 19.7 Å². The molecule has 0 spiro atoms. The first-order chi connectivity index (χ1) is 12.4. The zero-order valence-electron chi connectivity index (χ0n) is 14.3. The summed E-state index contributed by atoms with van der Waals surface area (Å²) in [5.74, 6) is -2.31. The lowest BCUT2D eigenvalue weighted by atomic mass is 9.96. The molecule has 0 saturated carbocycles. The van der Waals surface area contributed by atoms with Gasteiger partial charge in [-0.05, 0) is 37.1 Å². The highest BCUT2D eigenvalue weighted by Gasteiger charge is 2.29. The summed E-state index contributed by atoms with van der Waals surface area (Å²) in [4.78, 5) is 48.3. The van der Waals surface area contributed by atoms with E-state index in [1.165, 1.54) is 31.3 Å². The Bertz CT molecular complexity index is 684. The third-order valence-corrected chi connectivity index (χ3v) is 4.03. The van der Waals surface area contributed by atoms with Gasteiger partial charge in [-0.25, -0.2) is 9.18 Å². The third-order valence-electron chi connectivity index (χ3n) is 4.03. The van der Waals surface area contributed by atoms with Crippen molar-refractivity contribution in [1.29, 1.82) is 0 Å². The molecule has 0 radical (unpaired) electrons. The molecular formula is C17H20FN3O5. The van der Waals surface area contributed by atoms with Crippen molar-refractivity contribution in [3.63, 3.8) is 0 Å². The molecule has 1 fully saturated rings. The van der Waals surface area contributed by atoms with Gasteiger partial charge in [0.25, 0.3) is 11.8 Å². The normalized spacial score (nSPS) is 14.5. The summed E-state index contributed by atoms with van der Waals surface area (Å²) in [7, 11) is 1.36. The molecule has 0 aliphatic carbocycles. The molecule has 9 heteroatoms. The minimum atomic E-state index is -0.721. The standard InChI is InChI=1S/C17H20FN3O5/c1-19-17(25)20-14(22)10-26-16(24)12-6-8-21(9-7-12)15(23)11-2-4-13(18)5-3-11/h2-5,12H,6-10H2,1H3,(H2,19,20,22,25). The van der Waals surface area contributed by atoms with Gasteiger partial charge in [0.2, 0.25) is 0 Å². The first-order valence-corrected chi connectivity index (χ1v) is 8.13. The fourth-order valence-electron chi connectivity index (χ4n) is 2.57. The number of piperidine rings is 1. The summed E-state index contributed by atoms with van der Waals surface area (Å²) in [5, 5.41) is 4.20. The molecule has 1 saturated heterocycles. The van der Waals surface area contributed by atoms with Crippen LogP contribution in [0.25, 0.3) is 0 Å². The van der Waals surface area contributed by atoms with Crippen LogP contribution in [0.5, 0.6) is 0 Å². The topological polar surface area (TPSA) is 105 Å². The van der Waals surface area contributed by atoms with Crippen molar-refractivity contribution in [3.05, 3.63) is 35.6 Å². The van der Waals surface area contributed by atoms with Crippen LogP contribution in [0.2, 0.25) is 0 Å². The lowest BCUT2D eigenvalue weighted by molar-refractivity contribution is -0.153. The van der Waals surface area contributed by atoms with E-state index in [1.807, 2.05) is 5.32 Å². The number of imide groups is 1. The maximum atomic E-state index is 12.9. The van der Waals surface area contributed by atoms with Gasteiger partial charge in [0.05, 0.1) is 5.92 Å². The Morgan fingerprint density at radius 2 is 1.77 bits per heavy atom. The van der Waals surface area contributed by atoms with E-state index in [2.05, 4.69) is 5.32 Å². The quantitative estimate of drug-likeness (QED) is 0.764. The monoisotopic (exact) mass is 365 g/mol. The zero-order valence-corrected chi connectivity index (χ0v) is 14.3. The van der Waals surface area contributed by atoms with Gasteiger partial charge in [-0.15, -0.1) is 0 Å². The molecule has 1 aromatic rings. The van der Waals surface area contributed by atoms with Crippen molar-refractivity contribution in [2.24, 2.45) is 5.92 Å². The Labute approximate surface area is 149 Å². The van der Waals surface area contributed by atoms with E-state index in [0.29, 0.717) is 31.5 Å². The number of carbonyl (C=O) groups excluding carboxylic acids is 4. The summed E-state index contributed by atoms with van der Waals surface area (Å²) in [6.07, 6.45) is 0.811. The number of rotatable bonds is 4. The number of benzene rings is 1.